The van der Waals surface area contributed by atoms with Crippen LogP contribution < -0.4 is 0 Å². The van der Waals surface area contributed by atoms with E-state index in [0.717, 1.165) is 7.11 Å². The van der Waals surface area contributed by atoms with E-state index < -0.39 is 35.7 Å². The van der Waals surface area contributed by atoms with Gasteiger partial charge >= 0.3 is 12.1 Å². The Morgan fingerprint density at radius 2 is 1.70 bits per heavy atom. The summed E-state index contributed by atoms with van der Waals surface area (Å²) < 4.78 is 10.8. The minimum atomic E-state index is -0.977. The van der Waals surface area contributed by atoms with Gasteiger partial charge in [-0.25, -0.2) is 4.79 Å². The first-order chi connectivity index (χ1) is 14.2. The van der Waals surface area contributed by atoms with Crippen molar-refractivity contribution in [1.82, 2.24) is 9.80 Å². The van der Waals surface area contributed by atoms with Crippen LogP contribution in [0.2, 0.25) is 0 Å². The van der Waals surface area contributed by atoms with E-state index in [2.05, 4.69) is 0 Å². The van der Waals surface area contributed by atoms with Crippen LogP contribution in [0.15, 0.2) is 0 Å². The molecule has 3 saturated heterocycles. The van der Waals surface area contributed by atoms with Crippen LogP contribution >= 0.6 is 0 Å². The first-order valence-corrected chi connectivity index (χ1v) is 10.7. The van der Waals surface area contributed by atoms with Gasteiger partial charge < -0.3 is 19.7 Å². The molecule has 3 fully saturated rings. The summed E-state index contributed by atoms with van der Waals surface area (Å²) in [5, 5.41) is 16.8. The number of carboxylic acid groups (broad SMARTS) is 1. The van der Waals surface area contributed by atoms with Crippen molar-refractivity contribution in [3.05, 3.63) is 0 Å². The van der Waals surface area contributed by atoms with Crippen molar-refractivity contribution in [3.8, 4) is 0 Å². The van der Waals surface area contributed by atoms with Gasteiger partial charge in [0.15, 0.2) is 5.78 Å². The second-order valence-electron chi connectivity index (χ2n) is 8.31. The predicted molar refractivity (Wildman–Crippen MR) is 111 cm³/mol. The van der Waals surface area contributed by atoms with Gasteiger partial charge in [-0.2, -0.15) is 0 Å². The van der Waals surface area contributed by atoms with Gasteiger partial charge in [0.05, 0.1) is 19.3 Å². The minimum absolute atomic E-state index is 0.138. The van der Waals surface area contributed by atoms with Crippen LogP contribution in [0.5, 0.6) is 0 Å². The van der Waals surface area contributed by atoms with E-state index in [1.54, 1.807) is 25.7 Å². The molecule has 0 aromatic heterocycles. The van der Waals surface area contributed by atoms with E-state index in [9.17, 15) is 19.5 Å². The molecule has 4 atom stereocenters. The molecule has 0 saturated carbocycles. The molecule has 4 unspecified atom stereocenters. The van der Waals surface area contributed by atoms with Crippen molar-refractivity contribution in [2.75, 3.05) is 33.4 Å². The monoisotopic (exact) mass is 430 g/mol. The molecule has 1 amide bonds. The van der Waals surface area contributed by atoms with Gasteiger partial charge in [-0.15, -0.1) is 0 Å². The summed E-state index contributed by atoms with van der Waals surface area (Å²) in [5.74, 6) is -1.72. The molecular weight excluding hydrogens is 392 g/mol. The second-order valence-corrected chi connectivity index (χ2v) is 8.31. The molecule has 30 heavy (non-hydrogen) atoms. The molecule has 2 N–H and O–H groups in total. The zero-order valence-electron chi connectivity index (χ0n) is 19.1. The number of fused-ring (bicyclic) bond motifs is 2. The number of aliphatic carboxylic acids is 1. The van der Waals surface area contributed by atoms with E-state index in [-0.39, 0.29) is 11.8 Å². The lowest BCUT2D eigenvalue weighted by atomic mass is 9.83. The Hall–Kier alpha value is -1.71. The number of morpholine rings is 1. The second kappa shape index (κ2) is 11.6. The summed E-state index contributed by atoms with van der Waals surface area (Å²) in [7, 11) is 1.00. The van der Waals surface area contributed by atoms with Crippen molar-refractivity contribution >= 4 is 17.8 Å². The number of hydrogen-bond acceptors (Lipinski definition) is 7. The summed E-state index contributed by atoms with van der Waals surface area (Å²) in [4.78, 5) is 40.9. The number of carbonyl (C=O) groups is 3. The highest BCUT2D eigenvalue weighted by Gasteiger charge is 2.53. The lowest BCUT2D eigenvalue weighted by Crippen LogP contribution is -2.60. The molecule has 9 heteroatoms. The van der Waals surface area contributed by atoms with Crippen LogP contribution in [0.3, 0.4) is 0 Å². The normalized spacial score (nSPS) is 27.2. The van der Waals surface area contributed by atoms with Gasteiger partial charge in [-0.1, -0.05) is 13.8 Å². The number of ether oxygens (including phenoxy) is 2. The van der Waals surface area contributed by atoms with Gasteiger partial charge in [0.2, 0.25) is 0 Å². The van der Waals surface area contributed by atoms with Gasteiger partial charge in [0.1, 0.15) is 11.6 Å². The van der Waals surface area contributed by atoms with Crippen LogP contribution in [-0.2, 0) is 19.1 Å². The first-order valence-electron chi connectivity index (χ1n) is 10.7. The van der Waals surface area contributed by atoms with Crippen molar-refractivity contribution in [3.63, 3.8) is 0 Å². The van der Waals surface area contributed by atoms with Crippen molar-refractivity contribution in [2.24, 2.45) is 5.92 Å². The fraction of sp³-hybridized carbons (Fsp3) is 0.857. The average Bonchev–Trinajstić information content (AvgIpc) is 3.06. The molecule has 3 rings (SSSR count). The molecule has 0 aromatic carbocycles. The number of rotatable bonds is 3. The molecule has 0 aliphatic carbocycles. The number of carboxylic acids is 1. The van der Waals surface area contributed by atoms with Gasteiger partial charge in [-0.05, 0) is 40.0 Å². The predicted octanol–water partition coefficient (Wildman–Crippen LogP) is 1.76. The number of amides is 1. The fourth-order valence-electron chi connectivity index (χ4n) is 4.36. The Morgan fingerprint density at radius 1 is 1.13 bits per heavy atom. The maximum atomic E-state index is 13.1. The van der Waals surface area contributed by atoms with E-state index in [1.165, 1.54) is 0 Å². The molecule has 0 radical (unpaired) electrons. The van der Waals surface area contributed by atoms with Crippen molar-refractivity contribution in [2.45, 2.75) is 77.6 Å². The summed E-state index contributed by atoms with van der Waals surface area (Å²) in [5.41, 5.74) is -0.631. The smallest absolute Gasteiger partial charge is 0.411 e. The molecule has 3 aliphatic heterocycles. The van der Waals surface area contributed by atoms with Crippen LogP contribution in [-0.4, -0.2) is 95.0 Å². The first kappa shape index (κ1) is 26.3. The SMILES string of the molecule is CC.CC(C)(C)OC(=O)N1C2CCC1C(=O)C(C(C(=O)O)N1CCOCC1)C2.CO. The minimum Gasteiger partial charge on any atom is -0.480 e. The maximum Gasteiger partial charge on any atom is 0.411 e. The average molecular weight is 431 g/mol. The third kappa shape index (κ3) is 6.15. The molecular formula is C21H38N2O7. The topological polar surface area (TPSA) is 117 Å². The number of ketones is 1. The number of carbonyl (C=O) groups excluding carboxylic acids is 2. The van der Waals surface area contributed by atoms with Crippen LogP contribution in [0.1, 0.15) is 53.9 Å². The molecule has 0 aromatic rings. The van der Waals surface area contributed by atoms with Gasteiger partial charge in [-0.3, -0.25) is 19.4 Å². The van der Waals surface area contributed by atoms with Crippen LogP contribution in [0, 0.1) is 5.92 Å². The number of aliphatic hydroxyl groups excluding tert-OH is 1. The largest absolute Gasteiger partial charge is 0.480 e. The Labute approximate surface area is 179 Å². The molecule has 0 spiro atoms. The maximum absolute atomic E-state index is 13.1. The third-order valence-electron chi connectivity index (χ3n) is 5.40. The summed E-state index contributed by atoms with van der Waals surface area (Å²) >= 11 is 0. The van der Waals surface area contributed by atoms with E-state index in [4.69, 9.17) is 14.6 Å². The van der Waals surface area contributed by atoms with E-state index >= 15 is 0 Å². The van der Waals surface area contributed by atoms with Crippen LogP contribution in [0.25, 0.3) is 0 Å². The Kier molecular flexibility index (Phi) is 10.2. The molecule has 2 bridgehead atoms. The number of nitrogens with zero attached hydrogens (tertiary/aromatic N) is 2. The lowest BCUT2D eigenvalue weighted by Gasteiger charge is -2.43. The Morgan fingerprint density at radius 3 is 2.20 bits per heavy atom. The van der Waals surface area contributed by atoms with E-state index in [0.29, 0.717) is 45.6 Å². The zero-order chi connectivity index (χ0) is 23.1. The highest BCUT2D eigenvalue weighted by Crippen LogP contribution is 2.39. The number of aliphatic hydroxyl groups is 1. The summed E-state index contributed by atoms with van der Waals surface area (Å²) in [6.45, 7) is 11.3. The Balaban J connectivity index is 0.00000106. The molecule has 3 aliphatic rings. The Bertz CT molecular complexity index is 584. The van der Waals surface area contributed by atoms with Crippen molar-refractivity contribution < 1.29 is 34.1 Å². The number of Topliss-reactive ketones (excluding diaryl/α,β-unsaturated/α-hetero) is 1. The highest BCUT2D eigenvalue weighted by molar-refractivity contribution is 5.95. The van der Waals surface area contributed by atoms with Gasteiger partial charge in [0.25, 0.3) is 0 Å². The quantitative estimate of drug-likeness (QED) is 0.696. The highest BCUT2D eigenvalue weighted by atomic mass is 16.6. The summed E-state index contributed by atoms with van der Waals surface area (Å²) in [6.07, 6.45) is 1.19. The lowest BCUT2D eigenvalue weighted by molar-refractivity contribution is -0.154. The number of piperidine rings is 1. The fourth-order valence-corrected chi connectivity index (χ4v) is 4.36. The molecule has 174 valence electrons. The summed E-state index contributed by atoms with van der Waals surface area (Å²) in [6, 6.07) is -1.56. The van der Waals surface area contributed by atoms with Crippen LogP contribution in [0.4, 0.5) is 4.79 Å². The standard InChI is InChI=1S/C18H28N2O6.C2H6.CH4O/c1-18(2,3)26-17(24)20-11-4-5-13(20)15(21)12(10-11)14(16(22)23)19-6-8-25-9-7-19;2*1-2/h11-14H,4-10H2,1-3H3,(H,22,23);1-2H3;2H,1H3. The van der Waals surface area contributed by atoms with E-state index in [1.807, 2.05) is 18.7 Å². The molecule has 9 nitrogen and oxygen atoms in total. The van der Waals surface area contributed by atoms with Gasteiger partial charge in [0, 0.05) is 32.2 Å². The van der Waals surface area contributed by atoms with Crippen molar-refractivity contribution in [1.29, 1.82) is 0 Å². The zero-order valence-corrected chi connectivity index (χ0v) is 19.1. The third-order valence-corrected chi connectivity index (χ3v) is 5.40. The number of hydrogen-bond donors (Lipinski definition) is 2. The molecule has 3 heterocycles.